The van der Waals surface area contributed by atoms with Crippen LogP contribution in [0.25, 0.3) is 11.4 Å². The number of amides is 1. The van der Waals surface area contributed by atoms with E-state index in [0.29, 0.717) is 35.2 Å². The topological polar surface area (TPSA) is 75.3 Å². The molecular weight excluding hydrogens is 342 g/mol. The van der Waals surface area contributed by atoms with Crippen LogP contribution in [0, 0.1) is 0 Å². The van der Waals surface area contributed by atoms with Gasteiger partial charge >= 0.3 is 6.09 Å². The number of carbonyl (C=O) groups is 1. The van der Waals surface area contributed by atoms with Gasteiger partial charge < -0.3 is 14.6 Å². The minimum Gasteiger partial charge on any atom is -0.444 e. The first-order chi connectivity index (χ1) is 11.7. The van der Waals surface area contributed by atoms with Crippen LogP contribution in [-0.2, 0) is 4.74 Å². The smallest absolute Gasteiger partial charge is 0.410 e. The summed E-state index contributed by atoms with van der Waals surface area (Å²) in [6.07, 6.45) is -0.347. The van der Waals surface area contributed by atoms with E-state index in [0.717, 1.165) is 0 Å². The minimum absolute atomic E-state index is 0.0102. The van der Waals surface area contributed by atoms with E-state index in [1.165, 1.54) is 6.07 Å². The number of halogens is 1. The highest BCUT2D eigenvalue weighted by Gasteiger charge is 2.35. The SMILES string of the molecule is CC(C)(C)OC(=O)N1CC(c2cc(=O)[nH]c(-c3ccccc3Cl)n2)C1. The molecule has 0 bridgehead atoms. The number of ether oxygens (including phenoxy) is 1. The van der Waals surface area contributed by atoms with Crippen molar-refractivity contribution in [3.63, 3.8) is 0 Å². The second-order valence-corrected chi connectivity index (χ2v) is 7.49. The summed E-state index contributed by atoms with van der Waals surface area (Å²) in [5.41, 5.74) is 0.558. The predicted molar refractivity (Wildman–Crippen MR) is 95.9 cm³/mol. The first-order valence-electron chi connectivity index (χ1n) is 8.07. The summed E-state index contributed by atoms with van der Waals surface area (Å²) in [4.78, 5) is 32.9. The van der Waals surface area contributed by atoms with E-state index in [9.17, 15) is 9.59 Å². The molecule has 1 aromatic carbocycles. The average molecular weight is 362 g/mol. The van der Waals surface area contributed by atoms with Crippen molar-refractivity contribution in [3.8, 4) is 11.4 Å². The van der Waals surface area contributed by atoms with Crippen LogP contribution in [0.4, 0.5) is 4.79 Å². The van der Waals surface area contributed by atoms with Crippen LogP contribution in [0.1, 0.15) is 32.4 Å². The molecule has 1 aromatic heterocycles. The highest BCUT2D eigenvalue weighted by atomic mass is 35.5. The largest absolute Gasteiger partial charge is 0.444 e. The lowest BCUT2D eigenvalue weighted by molar-refractivity contribution is 0.00787. The van der Waals surface area contributed by atoms with E-state index in [2.05, 4.69) is 9.97 Å². The monoisotopic (exact) mass is 361 g/mol. The number of hydrogen-bond donors (Lipinski definition) is 1. The van der Waals surface area contributed by atoms with E-state index in [4.69, 9.17) is 16.3 Å². The number of likely N-dealkylation sites (tertiary alicyclic amines) is 1. The molecule has 1 fully saturated rings. The second kappa shape index (κ2) is 6.52. The maximum Gasteiger partial charge on any atom is 0.410 e. The fourth-order valence-electron chi connectivity index (χ4n) is 2.61. The van der Waals surface area contributed by atoms with Crippen LogP contribution < -0.4 is 5.56 Å². The molecule has 132 valence electrons. The lowest BCUT2D eigenvalue weighted by Crippen LogP contribution is -2.50. The number of carbonyl (C=O) groups excluding carboxylic acids is 1. The Balaban J connectivity index is 1.76. The molecule has 0 saturated carbocycles. The summed E-state index contributed by atoms with van der Waals surface area (Å²) in [5, 5.41) is 0.520. The molecule has 0 unspecified atom stereocenters. The molecule has 0 aliphatic carbocycles. The summed E-state index contributed by atoms with van der Waals surface area (Å²) in [6, 6.07) is 8.67. The van der Waals surface area contributed by atoms with Gasteiger partial charge in [-0.2, -0.15) is 0 Å². The zero-order valence-electron chi connectivity index (χ0n) is 14.4. The summed E-state index contributed by atoms with van der Waals surface area (Å²) in [6.45, 7) is 6.45. The molecule has 7 heteroatoms. The van der Waals surface area contributed by atoms with Crippen molar-refractivity contribution in [2.45, 2.75) is 32.3 Å². The van der Waals surface area contributed by atoms with E-state index in [1.807, 2.05) is 32.9 Å². The Hall–Kier alpha value is -2.34. The number of nitrogens with zero attached hydrogens (tertiary/aromatic N) is 2. The number of H-pyrrole nitrogens is 1. The maximum absolute atomic E-state index is 12.0. The van der Waals surface area contributed by atoms with Crippen LogP contribution in [0.3, 0.4) is 0 Å². The lowest BCUT2D eigenvalue weighted by atomic mass is 9.96. The Morgan fingerprint density at radius 2 is 2.00 bits per heavy atom. The van der Waals surface area contributed by atoms with Gasteiger partial charge in [0.05, 0.1) is 10.7 Å². The van der Waals surface area contributed by atoms with Gasteiger partial charge in [-0.15, -0.1) is 0 Å². The molecule has 2 aromatic rings. The third kappa shape index (κ3) is 4.02. The van der Waals surface area contributed by atoms with Crippen LogP contribution in [0.5, 0.6) is 0 Å². The van der Waals surface area contributed by atoms with Gasteiger partial charge in [-0.25, -0.2) is 9.78 Å². The van der Waals surface area contributed by atoms with E-state index in [-0.39, 0.29) is 17.6 Å². The number of aromatic nitrogens is 2. The zero-order chi connectivity index (χ0) is 18.2. The Morgan fingerprint density at radius 1 is 1.32 bits per heavy atom. The van der Waals surface area contributed by atoms with Gasteiger partial charge in [0.15, 0.2) is 0 Å². The third-order valence-corrected chi connectivity index (χ3v) is 4.17. The first-order valence-corrected chi connectivity index (χ1v) is 8.45. The van der Waals surface area contributed by atoms with Crippen LogP contribution in [0.2, 0.25) is 5.02 Å². The Labute approximate surface area is 150 Å². The standard InChI is InChI=1S/C18H20ClN3O3/c1-18(2,3)25-17(24)22-9-11(10-22)14-8-15(23)21-16(20-14)12-6-4-5-7-13(12)19/h4-8,11H,9-10H2,1-3H3,(H,20,21,23). The number of nitrogens with one attached hydrogen (secondary N) is 1. The summed E-state index contributed by atoms with van der Waals surface area (Å²) in [7, 11) is 0. The van der Waals surface area contributed by atoms with Gasteiger partial charge in [0.2, 0.25) is 0 Å². The molecule has 1 N–H and O–H groups in total. The molecule has 6 nitrogen and oxygen atoms in total. The van der Waals surface area contributed by atoms with Crippen molar-refractivity contribution in [2.24, 2.45) is 0 Å². The lowest BCUT2D eigenvalue weighted by Gasteiger charge is -2.39. The zero-order valence-corrected chi connectivity index (χ0v) is 15.1. The normalized spacial score (nSPS) is 15.0. The van der Waals surface area contributed by atoms with Gasteiger partial charge in [-0.05, 0) is 32.9 Å². The fourth-order valence-corrected chi connectivity index (χ4v) is 2.83. The van der Waals surface area contributed by atoms with Gasteiger partial charge in [-0.3, -0.25) is 4.79 Å². The van der Waals surface area contributed by atoms with Crippen molar-refractivity contribution in [1.82, 2.24) is 14.9 Å². The van der Waals surface area contributed by atoms with Gasteiger partial charge in [0.1, 0.15) is 11.4 Å². The summed E-state index contributed by atoms with van der Waals surface area (Å²) >= 11 is 6.19. The highest BCUT2D eigenvalue weighted by Crippen LogP contribution is 2.29. The Kier molecular flexibility index (Phi) is 4.56. The maximum atomic E-state index is 12.0. The Bertz CT molecular complexity index is 851. The Morgan fingerprint density at radius 3 is 2.64 bits per heavy atom. The van der Waals surface area contributed by atoms with Crippen molar-refractivity contribution in [1.29, 1.82) is 0 Å². The second-order valence-electron chi connectivity index (χ2n) is 7.08. The van der Waals surface area contributed by atoms with Crippen molar-refractivity contribution in [2.75, 3.05) is 13.1 Å². The first kappa shape index (κ1) is 17.5. The molecule has 25 heavy (non-hydrogen) atoms. The molecule has 1 aliphatic heterocycles. The molecule has 0 spiro atoms. The van der Waals surface area contributed by atoms with Crippen LogP contribution in [-0.4, -0.2) is 39.7 Å². The van der Waals surface area contributed by atoms with Gasteiger partial charge in [-0.1, -0.05) is 23.7 Å². The third-order valence-electron chi connectivity index (χ3n) is 3.84. The van der Waals surface area contributed by atoms with Gasteiger partial charge in [0.25, 0.3) is 5.56 Å². The van der Waals surface area contributed by atoms with E-state index in [1.54, 1.807) is 17.0 Å². The van der Waals surface area contributed by atoms with Crippen molar-refractivity contribution in [3.05, 3.63) is 51.4 Å². The molecule has 1 saturated heterocycles. The molecule has 0 radical (unpaired) electrons. The van der Waals surface area contributed by atoms with Gasteiger partial charge in [0, 0.05) is 30.6 Å². The number of hydrogen-bond acceptors (Lipinski definition) is 4. The summed E-state index contributed by atoms with van der Waals surface area (Å²) < 4.78 is 5.34. The van der Waals surface area contributed by atoms with Crippen molar-refractivity contribution < 1.29 is 9.53 Å². The van der Waals surface area contributed by atoms with Crippen LogP contribution in [0.15, 0.2) is 35.1 Å². The molecular formula is C18H20ClN3O3. The predicted octanol–water partition coefficient (Wildman–Crippen LogP) is 3.42. The quantitative estimate of drug-likeness (QED) is 0.889. The fraction of sp³-hybridized carbons (Fsp3) is 0.389. The number of rotatable bonds is 2. The molecule has 1 amide bonds. The van der Waals surface area contributed by atoms with Crippen LogP contribution >= 0.6 is 11.6 Å². The summed E-state index contributed by atoms with van der Waals surface area (Å²) in [5.74, 6) is 0.444. The number of aromatic amines is 1. The molecule has 0 atom stereocenters. The van der Waals surface area contributed by atoms with E-state index >= 15 is 0 Å². The molecule has 3 rings (SSSR count). The minimum atomic E-state index is -0.526. The number of benzene rings is 1. The van der Waals surface area contributed by atoms with Crippen molar-refractivity contribution >= 4 is 17.7 Å². The molecule has 2 heterocycles. The molecule has 1 aliphatic rings. The highest BCUT2D eigenvalue weighted by molar-refractivity contribution is 6.33. The van der Waals surface area contributed by atoms with E-state index < -0.39 is 5.60 Å². The average Bonchev–Trinajstić information content (AvgIpc) is 2.43.